The van der Waals surface area contributed by atoms with Crippen molar-refractivity contribution in [3.05, 3.63) is 39.7 Å². The molecule has 0 aromatic heterocycles. The van der Waals surface area contributed by atoms with Crippen LogP contribution in [0.3, 0.4) is 0 Å². The van der Waals surface area contributed by atoms with Crippen molar-refractivity contribution in [2.24, 2.45) is 0 Å². The molecule has 0 amide bonds. The van der Waals surface area contributed by atoms with Crippen LogP contribution in [-0.4, -0.2) is 35.0 Å². The van der Waals surface area contributed by atoms with Crippen LogP contribution in [0.5, 0.6) is 0 Å². The summed E-state index contributed by atoms with van der Waals surface area (Å²) in [6.07, 6.45) is 1.47. The normalized spacial score (nSPS) is 18.7. The van der Waals surface area contributed by atoms with Crippen molar-refractivity contribution in [1.82, 2.24) is 4.90 Å². The van der Waals surface area contributed by atoms with Gasteiger partial charge in [-0.3, -0.25) is 19.8 Å². The summed E-state index contributed by atoms with van der Waals surface area (Å²) in [4.78, 5) is 24.1. The Hall–Kier alpha value is -2.02. The summed E-state index contributed by atoms with van der Waals surface area (Å²) in [7, 11) is 0. The first-order chi connectivity index (χ1) is 10.0. The molecule has 2 rings (SSSR count). The van der Waals surface area contributed by atoms with Crippen LogP contribution in [0.15, 0.2) is 18.2 Å². The summed E-state index contributed by atoms with van der Waals surface area (Å²) < 4.78 is 18.3. The summed E-state index contributed by atoms with van der Waals surface area (Å²) in [5.74, 6) is -0.850. The SMILES string of the molecule is CCOC(=O)C1CCCN1Cc1cc(F)ccc1[N+](=O)[O-]. The third-order valence-electron chi connectivity index (χ3n) is 3.53. The van der Waals surface area contributed by atoms with E-state index in [1.165, 1.54) is 0 Å². The zero-order valence-corrected chi connectivity index (χ0v) is 11.8. The fourth-order valence-corrected chi connectivity index (χ4v) is 2.60. The molecular formula is C14H17FN2O4. The molecule has 1 atom stereocenters. The highest BCUT2D eigenvalue weighted by Gasteiger charge is 2.33. The van der Waals surface area contributed by atoms with Gasteiger partial charge in [-0.25, -0.2) is 4.39 Å². The second-order valence-corrected chi connectivity index (χ2v) is 4.91. The summed E-state index contributed by atoms with van der Waals surface area (Å²) in [5, 5.41) is 11.0. The van der Waals surface area contributed by atoms with Gasteiger partial charge in [-0.2, -0.15) is 0 Å². The van der Waals surface area contributed by atoms with Gasteiger partial charge in [0.2, 0.25) is 0 Å². The van der Waals surface area contributed by atoms with Crippen LogP contribution in [0.1, 0.15) is 25.3 Å². The van der Waals surface area contributed by atoms with Gasteiger partial charge in [0.1, 0.15) is 11.9 Å². The van der Waals surface area contributed by atoms with E-state index in [2.05, 4.69) is 0 Å². The Kier molecular flexibility index (Phi) is 4.85. The molecule has 1 aliphatic heterocycles. The Morgan fingerprint density at radius 1 is 1.57 bits per heavy atom. The Balaban J connectivity index is 2.19. The van der Waals surface area contributed by atoms with E-state index < -0.39 is 16.8 Å². The second kappa shape index (κ2) is 6.62. The number of ether oxygens (including phenoxy) is 1. The Labute approximate surface area is 121 Å². The predicted octanol–water partition coefficient (Wildman–Crippen LogP) is 2.26. The standard InChI is InChI=1S/C14H17FN2O4/c1-2-21-14(18)13-4-3-7-16(13)9-10-8-11(15)5-6-12(10)17(19)20/h5-6,8,13H,2-4,7,9H2,1H3. The number of rotatable bonds is 5. The van der Waals surface area contributed by atoms with Gasteiger partial charge in [0.05, 0.1) is 11.5 Å². The zero-order chi connectivity index (χ0) is 15.4. The topological polar surface area (TPSA) is 72.7 Å². The average Bonchev–Trinajstić information content (AvgIpc) is 2.87. The Morgan fingerprint density at radius 2 is 2.33 bits per heavy atom. The molecule has 114 valence electrons. The van der Waals surface area contributed by atoms with Crippen molar-refractivity contribution in [3.63, 3.8) is 0 Å². The lowest BCUT2D eigenvalue weighted by Crippen LogP contribution is -2.37. The van der Waals surface area contributed by atoms with Crippen LogP contribution < -0.4 is 0 Å². The number of hydrogen-bond donors (Lipinski definition) is 0. The van der Waals surface area contributed by atoms with Gasteiger partial charge in [0.15, 0.2) is 0 Å². The number of carbonyl (C=O) groups is 1. The van der Waals surface area contributed by atoms with Crippen LogP contribution in [0, 0.1) is 15.9 Å². The number of nitro groups is 1. The number of benzene rings is 1. The predicted molar refractivity (Wildman–Crippen MR) is 73.1 cm³/mol. The Morgan fingerprint density at radius 3 is 3.00 bits per heavy atom. The summed E-state index contributed by atoms with van der Waals surface area (Å²) in [6, 6.07) is 2.96. The summed E-state index contributed by atoms with van der Waals surface area (Å²) >= 11 is 0. The number of esters is 1. The summed E-state index contributed by atoms with van der Waals surface area (Å²) in [5.41, 5.74) is 0.141. The molecule has 1 aromatic carbocycles. The number of nitro benzene ring substituents is 1. The number of likely N-dealkylation sites (tertiary alicyclic amines) is 1. The third kappa shape index (κ3) is 3.55. The maximum absolute atomic E-state index is 13.3. The van der Waals surface area contributed by atoms with E-state index in [4.69, 9.17) is 4.74 Å². The van der Waals surface area contributed by atoms with Crippen molar-refractivity contribution >= 4 is 11.7 Å². The number of nitrogens with zero attached hydrogens (tertiary/aromatic N) is 2. The number of carbonyl (C=O) groups excluding carboxylic acids is 1. The Bertz CT molecular complexity index is 550. The van der Waals surface area contributed by atoms with Gasteiger partial charge in [-0.15, -0.1) is 0 Å². The first kappa shape index (κ1) is 15.4. The lowest BCUT2D eigenvalue weighted by molar-refractivity contribution is -0.385. The van der Waals surface area contributed by atoms with Gasteiger partial charge in [0.25, 0.3) is 5.69 Å². The van der Waals surface area contributed by atoms with Crippen LogP contribution in [0.2, 0.25) is 0 Å². The smallest absolute Gasteiger partial charge is 0.323 e. The molecule has 7 heteroatoms. The molecule has 21 heavy (non-hydrogen) atoms. The summed E-state index contributed by atoms with van der Waals surface area (Å²) in [6.45, 7) is 2.83. The first-order valence-electron chi connectivity index (χ1n) is 6.86. The highest BCUT2D eigenvalue weighted by atomic mass is 19.1. The van der Waals surface area contributed by atoms with Crippen LogP contribution in [0.25, 0.3) is 0 Å². The molecule has 6 nitrogen and oxygen atoms in total. The van der Waals surface area contributed by atoms with Crippen LogP contribution in [0.4, 0.5) is 10.1 Å². The molecule has 1 saturated heterocycles. The molecule has 1 heterocycles. The minimum Gasteiger partial charge on any atom is -0.465 e. The average molecular weight is 296 g/mol. The van der Waals surface area contributed by atoms with Crippen LogP contribution >= 0.6 is 0 Å². The molecule has 0 aliphatic carbocycles. The van der Waals surface area contributed by atoms with Crippen molar-refractivity contribution in [3.8, 4) is 0 Å². The fourth-order valence-electron chi connectivity index (χ4n) is 2.60. The molecule has 0 radical (unpaired) electrons. The monoisotopic (exact) mass is 296 g/mol. The van der Waals surface area contributed by atoms with E-state index in [1.807, 2.05) is 0 Å². The van der Waals surface area contributed by atoms with Crippen molar-refractivity contribution in [2.75, 3.05) is 13.2 Å². The highest BCUT2D eigenvalue weighted by Crippen LogP contribution is 2.26. The van der Waals surface area contributed by atoms with Crippen LogP contribution in [-0.2, 0) is 16.1 Å². The molecule has 1 fully saturated rings. The molecule has 1 unspecified atom stereocenters. The highest BCUT2D eigenvalue weighted by molar-refractivity contribution is 5.76. The molecule has 0 saturated carbocycles. The lowest BCUT2D eigenvalue weighted by Gasteiger charge is -2.22. The van der Waals surface area contributed by atoms with E-state index >= 15 is 0 Å². The molecule has 0 spiro atoms. The largest absolute Gasteiger partial charge is 0.465 e. The van der Waals surface area contributed by atoms with E-state index in [1.54, 1.807) is 11.8 Å². The molecule has 1 aromatic rings. The van der Waals surface area contributed by atoms with Gasteiger partial charge in [-0.1, -0.05) is 0 Å². The van der Waals surface area contributed by atoms with E-state index in [0.717, 1.165) is 24.6 Å². The quantitative estimate of drug-likeness (QED) is 0.473. The van der Waals surface area contributed by atoms with Gasteiger partial charge in [0, 0.05) is 18.2 Å². The number of halogens is 1. The third-order valence-corrected chi connectivity index (χ3v) is 3.53. The van der Waals surface area contributed by atoms with E-state index in [0.29, 0.717) is 19.6 Å². The number of hydrogen-bond acceptors (Lipinski definition) is 5. The fraction of sp³-hybridized carbons (Fsp3) is 0.500. The lowest BCUT2D eigenvalue weighted by atomic mass is 10.1. The van der Waals surface area contributed by atoms with Crippen molar-refractivity contribution < 1.29 is 18.8 Å². The van der Waals surface area contributed by atoms with E-state index in [-0.39, 0.29) is 23.8 Å². The second-order valence-electron chi connectivity index (χ2n) is 4.91. The molecule has 1 aliphatic rings. The minimum atomic E-state index is -0.537. The van der Waals surface area contributed by atoms with E-state index in [9.17, 15) is 19.3 Å². The van der Waals surface area contributed by atoms with Crippen molar-refractivity contribution in [2.45, 2.75) is 32.4 Å². The maximum atomic E-state index is 13.3. The van der Waals surface area contributed by atoms with Crippen molar-refractivity contribution in [1.29, 1.82) is 0 Å². The molecule has 0 bridgehead atoms. The molecular weight excluding hydrogens is 279 g/mol. The van der Waals surface area contributed by atoms with Gasteiger partial charge >= 0.3 is 5.97 Å². The van der Waals surface area contributed by atoms with Gasteiger partial charge < -0.3 is 4.74 Å². The zero-order valence-electron chi connectivity index (χ0n) is 11.8. The molecule has 0 N–H and O–H groups in total. The minimum absolute atomic E-state index is 0.133. The maximum Gasteiger partial charge on any atom is 0.323 e. The van der Waals surface area contributed by atoms with Gasteiger partial charge in [-0.05, 0) is 38.4 Å². The first-order valence-corrected chi connectivity index (χ1v) is 6.86.